The zero-order chi connectivity index (χ0) is 28.3. The molecule has 208 valence electrons. The van der Waals surface area contributed by atoms with Gasteiger partial charge in [0.15, 0.2) is 0 Å². The van der Waals surface area contributed by atoms with E-state index in [9.17, 15) is 22.4 Å². The summed E-state index contributed by atoms with van der Waals surface area (Å²) in [6.45, 7) is 4.00. The summed E-state index contributed by atoms with van der Waals surface area (Å²) in [6, 6.07) is 4.15. The van der Waals surface area contributed by atoms with Gasteiger partial charge in [0.1, 0.15) is 11.4 Å². The number of rotatable bonds is 5. The van der Waals surface area contributed by atoms with E-state index < -0.39 is 17.6 Å². The fourth-order valence-corrected chi connectivity index (χ4v) is 4.03. The molecular formula is C25H32F4N6O2S. The van der Waals surface area contributed by atoms with E-state index in [1.165, 1.54) is 55.6 Å². The second-order valence-corrected chi connectivity index (χ2v) is 8.81. The van der Waals surface area contributed by atoms with E-state index in [-0.39, 0.29) is 34.8 Å². The van der Waals surface area contributed by atoms with Crippen LogP contribution in [-0.4, -0.2) is 32.8 Å². The third-order valence-corrected chi connectivity index (χ3v) is 6.06. The van der Waals surface area contributed by atoms with Crippen LogP contribution in [0.2, 0.25) is 0 Å². The van der Waals surface area contributed by atoms with Gasteiger partial charge in [0.2, 0.25) is 5.95 Å². The number of carbonyl (C=O) groups is 1. The maximum absolute atomic E-state index is 14.0. The van der Waals surface area contributed by atoms with Crippen molar-refractivity contribution in [2.45, 2.75) is 57.0 Å². The number of benzene rings is 1. The van der Waals surface area contributed by atoms with Crippen molar-refractivity contribution < 1.29 is 27.1 Å². The Morgan fingerprint density at radius 2 is 1.87 bits per heavy atom. The first-order valence-corrected chi connectivity index (χ1v) is 12.9. The lowest BCUT2D eigenvalue weighted by Gasteiger charge is -2.18. The maximum atomic E-state index is 14.0. The Kier molecular flexibility index (Phi) is 12.0. The third-order valence-electron chi connectivity index (χ3n) is 5.54. The summed E-state index contributed by atoms with van der Waals surface area (Å²) in [5.41, 5.74) is -1.18. The third kappa shape index (κ3) is 8.69. The summed E-state index contributed by atoms with van der Waals surface area (Å²) < 4.78 is 59.8. The number of methoxy groups -OCH3 is 1. The molecule has 8 nitrogen and oxygen atoms in total. The van der Waals surface area contributed by atoms with Gasteiger partial charge < -0.3 is 10.1 Å². The van der Waals surface area contributed by atoms with Gasteiger partial charge in [0.25, 0.3) is 0 Å². The lowest BCUT2D eigenvalue weighted by molar-refractivity contribution is -0.146. The molecule has 1 aliphatic carbocycles. The maximum Gasteiger partial charge on any atom is 0.419 e. The number of hydrogen-bond acceptors (Lipinski definition) is 8. The van der Waals surface area contributed by atoms with Gasteiger partial charge in [-0.2, -0.15) is 18.3 Å². The van der Waals surface area contributed by atoms with Crippen LogP contribution in [0.4, 0.5) is 29.2 Å². The van der Waals surface area contributed by atoms with Crippen molar-refractivity contribution in [3.05, 3.63) is 48.2 Å². The Labute approximate surface area is 223 Å². The molecule has 3 aromatic rings. The number of alkyl halides is 3. The van der Waals surface area contributed by atoms with Crippen LogP contribution < -0.4 is 10.5 Å². The molecule has 38 heavy (non-hydrogen) atoms. The Balaban J connectivity index is 0.000000353. The smallest absolute Gasteiger partial charge is 0.419 e. The first-order valence-electron chi connectivity index (χ1n) is 12.1. The second-order valence-electron chi connectivity index (χ2n) is 8.10. The van der Waals surface area contributed by atoms with E-state index in [1.54, 1.807) is 13.1 Å². The van der Waals surface area contributed by atoms with Crippen molar-refractivity contribution in [1.82, 2.24) is 19.7 Å². The van der Waals surface area contributed by atoms with Gasteiger partial charge in [-0.25, -0.2) is 14.4 Å². The number of hydrogen-bond donors (Lipinski definition) is 2. The summed E-state index contributed by atoms with van der Waals surface area (Å²) >= 11 is 0.871. The first-order chi connectivity index (χ1) is 18.1. The SMILES string of the molecule is CC.COC(=O)C1CCCCC1.Cn1cc(-c2nc(Nc3ccc(SN)cc3F)ncc2C(F)(F)F)cn1. The van der Waals surface area contributed by atoms with Crippen LogP contribution in [0.1, 0.15) is 51.5 Å². The predicted octanol–water partition coefficient (Wildman–Crippen LogP) is 6.51. The number of nitrogens with zero attached hydrogens (tertiary/aromatic N) is 4. The Hall–Kier alpha value is -3.19. The molecule has 2 heterocycles. The van der Waals surface area contributed by atoms with Crippen molar-refractivity contribution in [3.63, 3.8) is 0 Å². The minimum absolute atomic E-state index is 0.0136. The number of ether oxygens (including phenoxy) is 1. The number of nitrogens with two attached hydrogens (primary N) is 1. The predicted molar refractivity (Wildman–Crippen MR) is 139 cm³/mol. The van der Waals surface area contributed by atoms with Crippen LogP contribution >= 0.6 is 11.9 Å². The second kappa shape index (κ2) is 14.7. The summed E-state index contributed by atoms with van der Waals surface area (Å²) in [5.74, 6) is -0.616. The minimum atomic E-state index is -4.64. The van der Waals surface area contributed by atoms with Crippen LogP contribution in [0.25, 0.3) is 11.3 Å². The molecule has 1 fully saturated rings. The summed E-state index contributed by atoms with van der Waals surface area (Å²) in [6.07, 6.45) is 4.41. The lowest BCUT2D eigenvalue weighted by Crippen LogP contribution is -2.18. The van der Waals surface area contributed by atoms with Crippen molar-refractivity contribution in [2.24, 2.45) is 18.1 Å². The molecule has 3 N–H and O–H groups in total. The number of aryl methyl sites for hydroxylation is 1. The first kappa shape index (κ1) is 31.0. The van der Waals surface area contributed by atoms with Crippen molar-refractivity contribution in [3.8, 4) is 11.3 Å². The fourth-order valence-electron chi connectivity index (χ4n) is 3.71. The monoisotopic (exact) mass is 556 g/mol. The van der Waals surface area contributed by atoms with E-state index in [4.69, 9.17) is 5.14 Å². The zero-order valence-corrected chi connectivity index (χ0v) is 22.5. The molecule has 1 saturated carbocycles. The highest BCUT2D eigenvalue weighted by atomic mass is 32.2. The molecule has 0 aliphatic heterocycles. The number of nitrogens with one attached hydrogen (secondary N) is 1. The molecule has 13 heteroatoms. The van der Waals surface area contributed by atoms with Gasteiger partial charge in [-0.05, 0) is 43.0 Å². The molecule has 4 rings (SSSR count). The van der Waals surface area contributed by atoms with Crippen molar-refractivity contribution in [1.29, 1.82) is 0 Å². The fraction of sp³-hybridized carbons (Fsp3) is 0.440. The van der Waals surface area contributed by atoms with Gasteiger partial charge in [0, 0.05) is 29.9 Å². The van der Waals surface area contributed by atoms with E-state index in [1.807, 2.05) is 13.8 Å². The number of anilines is 2. The quantitative estimate of drug-likeness (QED) is 0.208. The zero-order valence-electron chi connectivity index (χ0n) is 21.7. The molecule has 0 spiro atoms. The van der Waals surface area contributed by atoms with E-state index in [0.29, 0.717) is 11.1 Å². The Morgan fingerprint density at radius 1 is 1.18 bits per heavy atom. The number of carbonyl (C=O) groups excluding carboxylic acids is 1. The van der Waals surface area contributed by atoms with Gasteiger partial charge in [-0.3, -0.25) is 14.6 Å². The number of aromatic nitrogens is 4. The largest absolute Gasteiger partial charge is 0.469 e. The van der Waals surface area contributed by atoms with Gasteiger partial charge in [-0.15, -0.1) is 0 Å². The Bertz CT molecular complexity index is 1180. The van der Waals surface area contributed by atoms with E-state index >= 15 is 0 Å². The van der Waals surface area contributed by atoms with Crippen LogP contribution in [0, 0.1) is 11.7 Å². The van der Waals surface area contributed by atoms with Gasteiger partial charge in [0.05, 0.1) is 30.6 Å². The molecule has 1 aliphatic rings. The molecule has 0 unspecified atom stereocenters. The highest BCUT2D eigenvalue weighted by Gasteiger charge is 2.35. The molecule has 1 aromatic carbocycles. The Morgan fingerprint density at radius 3 is 2.39 bits per heavy atom. The summed E-state index contributed by atoms with van der Waals surface area (Å²) in [5, 5.41) is 11.8. The van der Waals surface area contributed by atoms with Crippen LogP contribution in [0.3, 0.4) is 0 Å². The molecule has 0 radical (unpaired) electrons. The van der Waals surface area contributed by atoms with E-state index in [0.717, 1.165) is 24.8 Å². The highest BCUT2D eigenvalue weighted by molar-refractivity contribution is 7.97. The summed E-state index contributed by atoms with van der Waals surface area (Å²) in [4.78, 5) is 19.0. The van der Waals surface area contributed by atoms with Gasteiger partial charge >= 0.3 is 12.1 Å². The number of halogens is 4. The molecule has 0 bridgehead atoms. The molecule has 0 atom stereocenters. The number of esters is 1. The minimum Gasteiger partial charge on any atom is -0.469 e. The molecule has 0 amide bonds. The van der Waals surface area contributed by atoms with E-state index in [2.05, 4.69) is 25.1 Å². The molecule has 2 aromatic heterocycles. The lowest BCUT2D eigenvalue weighted by atomic mass is 9.89. The normalized spacial score (nSPS) is 13.5. The topological polar surface area (TPSA) is 108 Å². The van der Waals surface area contributed by atoms with Crippen LogP contribution in [0.15, 0.2) is 41.7 Å². The highest BCUT2D eigenvalue weighted by Crippen LogP contribution is 2.36. The molecule has 0 saturated heterocycles. The van der Waals surface area contributed by atoms with Gasteiger partial charge in [-0.1, -0.05) is 33.1 Å². The van der Waals surface area contributed by atoms with Crippen molar-refractivity contribution in [2.75, 3.05) is 12.4 Å². The molecular weight excluding hydrogens is 524 g/mol. The average Bonchev–Trinajstić information content (AvgIpc) is 3.37. The standard InChI is InChI=1S/C15H12F4N6S.C8H14O2.C2H6/c1-25-7-8(5-22-25)13-10(15(17,18)19)6-21-14(24-13)23-12-3-2-9(26-20)4-11(12)16;1-10-8(9)7-5-3-2-4-6-7;1-2/h2-7H,20H2,1H3,(H,21,23,24);7H,2-6H2,1H3;1-2H3. The van der Waals surface area contributed by atoms with Crippen LogP contribution in [-0.2, 0) is 22.8 Å². The van der Waals surface area contributed by atoms with Crippen LogP contribution in [0.5, 0.6) is 0 Å². The summed E-state index contributed by atoms with van der Waals surface area (Å²) in [7, 11) is 3.04. The average molecular weight is 557 g/mol. The van der Waals surface area contributed by atoms with Crippen molar-refractivity contribution >= 4 is 29.6 Å².